The molecule has 1 amide bonds. The van der Waals surface area contributed by atoms with E-state index in [2.05, 4.69) is 25.6 Å². The summed E-state index contributed by atoms with van der Waals surface area (Å²) in [4.78, 5) is 25.7. The lowest BCUT2D eigenvalue weighted by Gasteiger charge is -2.27. The van der Waals surface area contributed by atoms with Gasteiger partial charge in [-0.15, -0.1) is 0 Å². The van der Waals surface area contributed by atoms with Crippen LogP contribution in [0.25, 0.3) is 0 Å². The fraction of sp³-hybridized carbons (Fsp3) is 0.421. The molecule has 0 spiro atoms. The highest BCUT2D eigenvalue weighted by Crippen LogP contribution is 2.05. The van der Waals surface area contributed by atoms with Gasteiger partial charge in [-0.3, -0.25) is 9.69 Å². The molecule has 0 saturated carbocycles. The molecule has 0 radical (unpaired) electrons. The monoisotopic (exact) mass is 371 g/mol. The third-order valence-electron chi connectivity index (χ3n) is 4.22. The van der Waals surface area contributed by atoms with Gasteiger partial charge in [-0.05, 0) is 17.7 Å². The molecule has 0 atom stereocenters. The maximum atomic E-state index is 12.1. The molecule has 1 aliphatic rings. The molecule has 1 saturated heterocycles. The fourth-order valence-electron chi connectivity index (χ4n) is 2.65. The first-order valence-electron chi connectivity index (χ1n) is 8.86. The lowest BCUT2D eigenvalue weighted by molar-refractivity contribution is -0.117. The molecule has 2 rings (SSSR count). The first-order chi connectivity index (χ1) is 13.1. The molecule has 144 valence electrons. The number of carbonyl (C=O) groups excluding carboxylic acids is 2. The number of methoxy groups -OCH3 is 1. The summed E-state index contributed by atoms with van der Waals surface area (Å²) in [6.07, 6.45) is 1.41. The minimum atomic E-state index is -0.390. The van der Waals surface area contributed by atoms with Gasteiger partial charge in [0.25, 0.3) is 5.91 Å². The smallest absolute Gasteiger partial charge is 0.337 e. The Kier molecular flexibility index (Phi) is 8.29. The molecule has 0 bridgehead atoms. The van der Waals surface area contributed by atoms with Crippen LogP contribution in [0.1, 0.15) is 15.9 Å². The van der Waals surface area contributed by atoms with Crippen LogP contribution in [0.5, 0.6) is 0 Å². The summed E-state index contributed by atoms with van der Waals surface area (Å²) >= 11 is 0. The van der Waals surface area contributed by atoms with Crippen LogP contribution in [0, 0.1) is 11.3 Å². The lowest BCUT2D eigenvalue weighted by atomic mass is 10.1. The van der Waals surface area contributed by atoms with Crippen molar-refractivity contribution < 1.29 is 14.3 Å². The van der Waals surface area contributed by atoms with Gasteiger partial charge in [-0.2, -0.15) is 5.26 Å². The average molecular weight is 371 g/mol. The van der Waals surface area contributed by atoms with Crippen LogP contribution in [0.4, 0.5) is 0 Å². The van der Waals surface area contributed by atoms with Crippen LogP contribution in [0.3, 0.4) is 0 Å². The van der Waals surface area contributed by atoms with Gasteiger partial charge in [0.2, 0.25) is 0 Å². The van der Waals surface area contributed by atoms with Crippen molar-refractivity contribution >= 4 is 11.9 Å². The largest absolute Gasteiger partial charge is 0.465 e. The van der Waals surface area contributed by atoms with Crippen molar-refractivity contribution in [3.05, 3.63) is 47.2 Å². The molecule has 27 heavy (non-hydrogen) atoms. The summed E-state index contributed by atoms with van der Waals surface area (Å²) in [6.45, 7) is 5.56. The number of nitriles is 1. The van der Waals surface area contributed by atoms with Gasteiger partial charge in [0.15, 0.2) is 0 Å². The highest BCUT2D eigenvalue weighted by atomic mass is 16.5. The third kappa shape index (κ3) is 6.73. The number of esters is 1. The first-order valence-corrected chi connectivity index (χ1v) is 8.86. The van der Waals surface area contributed by atoms with E-state index < -0.39 is 5.97 Å². The summed E-state index contributed by atoms with van der Waals surface area (Å²) in [5.41, 5.74) is 1.41. The van der Waals surface area contributed by atoms with Crippen molar-refractivity contribution in [2.75, 3.05) is 46.4 Å². The Labute approximate surface area is 159 Å². The van der Waals surface area contributed by atoms with Crippen LogP contribution in [0.2, 0.25) is 0 Å². The predicted octanol–water partition coefficient (Wildman–Crippen LogP) is -0.00832. The Bertz CT molecular complexity index is 703. The van der Waals surface area contributed by atoms with E-state index in [0.717, 1.165) is 38.3 Å². The predicted molar refractivity (Wildman–Crippen MR) is 101 cm³/mol. The van der Waals surface area contributed by atoms with Gasteiger partial charge in [-0.25, -0.2) is 4.79 Å². The van der Waals surface area contributed by atoms with E-state index in [0.29, 0.717) is 18.7 Å². The minimum Gasteiger partial charge on any atom is -0.465 e. The van der Waals surface area contributed by atoms with Gasteiger partial charge in [0.1, 0.15) is 11.6 Å². The zero-order chi connectivity index (χ0) is 19.5. The van der Waals surface area contributed by atoms with Gasteiger partial charge in [0.05, 0.1) is 12.7 Å². The topological polar surface area (TPSA) is 106 Å². The number of hydrogen-bond acceptors (Lipinski definition) is 7. The highest BCUT2D eigenvalue weighted by molar-refractivity contribution is 5.97. The number of ether oxygens (including phenoxy) is 1. The van der Waals surface area contributed by atoms with Gasteiger partial charge in [0, 0.05) is 52.0 Å². The van der Waals surface area contributed by atoms with E-state index >= 15 is 0 Å². The van der Waals surface area contributed by atoms with Crippen LogP contribution >= 0.6 is 0 Å². The van der Waals surface area contributed by atoms with Crippen molar-refractivity contribution in [2.45, 2.75) is 6.54 Å². The number of carbonyl (C=O) groups is 2. The molecule has 0 aliphatic carbocycles. The van der Waals surface area contributed by atoms with Crippen molar-refractivity contribution in [1.29, 1.82) is 5.26 Å². The molecule has 1 fully saturated rings. The summed E-state index contributed by atoms with van der Waals surface area (Å²) in [5.74, 6) is -0.778. The number of hydrogen-bond donors (Lipinski definition) is 3. The second-order valence-electron chi connectivity index (χ2n) is 6.09. The third-order valence-corrected chi connectivity index (χ3v) is 4.22. The number of benzene rings is 1. The Morgan fingerprint density at radius 1 is 1.30 bits per heavy atom. The summed E-state index contributed by atoms with van der Waals surface area (Å²) < 4.78 is 4.65. The van der Waals surface area contributed by atoms with E-state index in [-0.39, 0.29) is 11.5 Å². The molecular weight excluding hydrogens is 346 g/mol. The number of nitrogens with zero attached hydrogens (tertiary/aromatic N) is 2. The lowest BCUT2D eigenvalue weighted by Crippen LogP contribution is -2.46. The number of piperazine rings is 1. The Hall–Kier alpha value is -2.89. The Morgan fingerprint density at radius 3 is 2.63 bits per heavy atom. The summed E-state index contributed by atoms with van der Waals surface area (Å²) in [7, 11) is 1.33. The number of rotatable bonds is 8. The van der Waals surface area contributed by atoms with E-state index in [9.17, 15) is 14.9 Å². The van der Waals surface area contributed by atoms with Crippen molar-refractivity contribution in [1.82, 2.24) is 20.9 Å². The van der Waals surface area contributed by atoms with E-state index in [1.807, 2.05) is 6.07 Å². The maximum absolute atomic E-state index is 12.1. The van der Waals surface area contributed by atoms with E-state index in [1.165, 1.54) is 13.3 Å². The van der Waals surface area contributed by atoms with E-state index in [4.69, 9.17) is 0 Å². The normalized spacial score (nSPS) is 14.9. The zero-order valence-electron chi connectivity index (χ0n) is 15.5. The molecule has 1 aromatic rings. The number of amides is 1. The second-order valence-corrected chi connectivity index (χ2v) is 6.09. The molecule has 1 aliphatic heterocycles. The molecule has 3 N–H and O–H groups in total. The fourth-order valence-corrected chi connectivity index (χ4v) is 2.65. The quantitative estimate of drug-likeness (QED) is 0.335. The Morgan fingerprint density at radius 2 is 2.00 bits per heavy atom. The van der Waals surface area contributed by atoms with Gasteiger partial charge >= 0.3 is 5.97 Å². The standard InChI is InChI=1S/C19H25N5O3/c1-27-19(26)16-4-2-15(3-5-16)13-22-14-17(12-20)18(25)23-8-11-24-9-6-21-7-10-24/h2-5,14,21-22H,6-11,13H2,1H3,(H,23,25)/b17-14-. The Balaban J connectivity index is 1.76. The average Bonchev–Trinajstić information content (AvgIpc) is 2.71. The maximum Gasteiger partial charge on any atom is 0.337 e. The first kappa shape index (κ1) is 20.4. The molecule has 1 aromatic carbocycles. The SMILES string of the molecule is COC(=O)c1ccc(CN/C=C(/C#N)C(=O)NCCN2CCNCC2)cc1. The van der Waals surface area contributed by atoms with Crippen LogP contribution < -0.4 is 16.0 Å². The molecule has 8 heteroatoms. The highest BCUT2D eigenvalue weighted by Gasteiger charge is 2.11. The second kappa shape index (κ2) is 11.0. The molecular formula is C19H25N5O3. The zero-order valence-corrected chi connectivity index (χ0v) is 15.5. The van der Waals surface area contributed by atoms with Crippen molar-refractivity contribution in [2.24, 2.45) is 0 Å². The van der Waals surface area contributed by atoms with E-state index in [1.54, 1.807) is 24.3 Å². The van der Waals surface area contributed by atoms with Crippen LogP contribution in [0.15, 0.2) is 36.0 Å². The molecule has 8 nitrogen and oxygen atoms in total. The summed E-state index contributed by atoms with van der Waals surface area (Å²) in [5, 5.41) is 18.2. The molecule has 1 heterocycles. The molecule has 0 aromatic heterocycles. The van der Waals surface area contributed by atoms with Crippen LogP contribution in [-0.2, 0) is 16.1 Å². The van der Waals surface area contributed by atoms with Crippen LogP contribution in [-0.4, -0.2) is 63.2 Å². The van der Waals surface area contributed by atoms with Gasteiger partial charge < -0.3 is 20.7 Å². The molecule has 0 unspecified atom stereocenters. The number of nitrogens with one attached hydrogen (secondary N) is 3. The van der Waals surface area contributed by atoms with Crippen molar-refractivity contribution in [3.63, 3.8) is 0 Å². The van der Waals surface area contributed by atoms with Crippen molar-refractivity contribution in [3.8, 4) is 6.07 Å². The van der Waals surface area contributed by atoms with Gasteiger partial charge in [-0.1, -0.05) is 12.1 Å². The summed E-state index contributed by atoms with van der Waals surface area (Å²) in [6, 6.07) is 8.81. The minimum absolute atomic E-state index is 0.0292.